The summed E-state index contributed by atoms with van der Waals surface area (Å²) in [7, 11) is 0. The van der Waals surface area contributed by atoms with Crippen molar-refractivity contribution in [1.29, 1.82) is 0 Å². The third-order valence-corrected chi connectivity index (χ3v) is 2.99. The lowest BCUT2D eigenvalue weighted by atomic mass is 10.1. The van der Waals surface area contributed by atoms with Gasteiger partial charge in [0.15, 0.2) is 5.82 Å². The predicted molar refractivity (Wildman–Crippen MR) is 86.6 cm³/mol. The summed E-state index contributed by atoms with van der Waals surface area (Å²) < 4.78 is 0. The number of H-pyrrole nitrogens is 1. The number of rotatable bonds is 3. The molecule has 2 aromatic rings. The molecule has 0 fully saturated rings. The van der Waals surface area contributed by atoms with Crippen LogP contribution in [0.1, 0.15) is 54.4 Å². The molecule has 0 aliphatic carbocycles. The number of aromatic nitrogens is 3. The maximum Gasteiger partial charge on any atom is 0.251 e. The molecule has 0 aliphatic heterocycles. The highest BCUT2D eigenvalue weighted by atomic mass is 16.3. The fourth-order valence-electron chi connectivity index (χ4n) is 1.86. The van der Waals surface area contributed by atoms with E-state index in [0.717, 1.165) is 0 Å². The van der Waals surface area contributed by atoms with Gasteiger partial charge in [-0.3, -0.25) is 9.89 Å². The standard InChI is InChI=1S/C17H20N4O2/c1-11(15-19-12(2)20-21-15)18-16(22)14-7-5-6-13(10-14)8-9-17(3,4)23/h5-7,10-11,23H,1-4H3,(H,18,22)(H,19,20,21)/t11-/m0/s1. The van der Waals surface area contributed by atoms with Crippen LogP contribution in [0.15, 0.2) is 24.3 Å². The summed E-state index contributed by atoms with van der Waals surface area (Å²) >= 11 is 0. The number of hydrogen-bond donors (Lipinski definition) is 3. The smallest absolute Gasteiger partial charge is 0.251 e. The second-order valence-corrected chi connectivity index (χ2v) is 5.86. The number of carbonyl (C=O) groups is 1. The molecule has 120 valence electrons. The quantitative estimate of drug-likeness (QED) is 0.753. The molecule has 1 aromatic heterocycles. The lowest BCUT2D eigenvalue weighted by molar-refractivity contribution is 0.0938. The van der Waals surface area contributed by atoms with Gasteiger partial charge in [-0.1, -0.05) is 17.9 Å². The van der Waals surface area contributed by atoms with Crippen LogP contribution < -0.4 is 5.32 Å². The Balaban J connectivity index is 2.12. The maximum atomic E-state index is 12.3. The first-order valence-corrected chi connectivity index (χ1v) is 7.30. The summed E-state index contributed by atoms with van der Waals surface area (Å²) in [6.07, 6.45) is 0. The minimum absolute atomic E-state index is 0.230. The number of carbonyl (C=O) groups excluding carboxylic acids is 1. The monoisotopic (exact) mass is 312 g/mol. The van der Waals surface area contributed by atoms with Gasteiger partial charge in [0.1, 0.15) is 11.4 Å². The number of nitrogens with zero attached hydrogens (tertiary/aromatic N) is 2. The van der Waals surface area contributed by atoms with Crippen LogP contribution >= 0.6 is 0 Å². The van der Waals surface area contributed by atoms with E-state index in [1.54, 1.807) is 45.0 Å². The molecule has 6 nitrogen and oxygen atoms in total. The molecule has 6 heteroatoms. The Labute approximate surface area is 135 Å². The molecule has 23 heavy (non-hydrogen) atoms. The van der Waals surface area contributed by atoms with Gasteiger partial charge in [0.25, 0.3) is 5.91 Å². The predicted octanol–water partition coefficient (Wildman–Crippen LogP) is 1.73. The number of hydrogen-bond acceptors (Lipinski definition) is 4. The lowest BCUT2D eigenvalue weighted by Gasteiger charge is -2.10. The van der Waals surface area contributed by atoms with Crippen molar-refractivity contribution in [3.05, 3.63) is 47.0 Å². The van der Waals surface area contributed by atoms with Crippen molar-refractivity contribution < 1.29 is 9.90 Å². The normalized spacial score (nSPS) is 12.2. The maximum absolute atomic E-state index is 12.3. The van der Waals surface area contributed by atoms with Crippen LogP contribution in [0.5, 0.6) is 0 Å². The third kappa shape index (κ3) is 4.94. The first-order valence-electron chi connectivity index (χ1n) is 7.30. The van der Waals surface area contributed by atoms with E-state index in [-0.39, 0.29) is 11.9 Å². The van der Waals surface area contributed by atoms with Crippen LogP contribution in [-0.2, 0) is 0 Å². The Morgan fingerprint density at radius 2 is 2.17 bits per heavy atom. The molecule has 0 radical (unpaired) electrons. The number of nitrogens with one attached hydrogen (secondary N) is 2. The average molecular weight is 312 g/mol. The summed E-state index contributed by atoms with van der Waals surface area (Å²) in [5, 5.41) is 19.3. The van der Waals surface area contributed by atoms with Crippen molar-refractivity contribution in [2.24, 2.45) is 0 Å². The van der Waals surface area contributed by atoms with Gasteiger partial charge in [0.05, 0.1) is 6.04 Å². The Kier molecular flexibility index (Phi) is 4.82. The Morgan fingerprint density at radius 1 is 1.43 bits per heavy atom. The van der Waals surface area contributed by atoms with Gasteiger partial charge >= 0.3 is 0 Å². The molecule has 2 rings (SSSR count). The number of benzene rings is 1. The summed E-state index contributed by atoms with van der Waals surface area (Å²) in [6.45, 7) is 6.84. The summed E-state index contributed by atoms with van der Waals surface area (Å²) in [5.74, 6) is 6.59. The zero-order valence-electron chi connectivity index (χ0n) is 13.6. The average Bonchev–Trinajstić information content (AvgIpc) is 2.91. The van der Waals surface area contributed by atoms with Gasteiger partial charge in [-0.05, 0) is 45.9 Å². The number of aromatic amines is 1. The van der Waals surface area contributed by atoms with E-state index in [1.807, 2.05) is 6.92 Å². The molecule has 0 unspecified atom stereocenters. The first kappa shape index (κ1) is 16.7. The fourth-order valence-corrected chi connectivity index (χ4v) is 1.86. The minimum Gasteiger partial charge on any atom is -0.378 e. The highest BCUT2D eigenvalue weighted by Crippen LogP contribution is 2.10. The van der Waals surface area contributed by atoms with E-state index in [4.69, 9.17) is 0 Å². The molecule has 1 heterocycles. The van der Waals surface area contributed by atoms with Crippen LogP contribution in [0.4, 0.5) is 0 Å². The third-order valence-electron chi connectivity index (χ3n) is 2.99. The largest absolute Gasteiger partial charge is 0.378 e. The highest BCUT2D eigenvalue weighted by Gasteiger charge is 2.15. The van der Waals surface area contributed by atoms with Crippen LogP contribution in [0, 0.1) is 18.8 Å². The Bertz CT molecular complexity index is 763. The second kappa shape index (κ2) is 6.63. The summed E-state index contributed by atoms with van der Waals surface area (Å²) in [6, 6.07) is 6.63. The fraction of sp³-hybridized carbons (Fsp3) is 0.353. The van der Waals surface area contributed by atoms with E-state index >= 15 is 0 Å². The van der Waals surface area contributed by atoms with E-state index in [2.05, 4.69) is 32.3 Å². The van der Waals surface area contributed by atoms with Gasteiger partial charge in [0.2, 0.25) is 0 Å². The van der Waals surface area contributed by atoms with Gasteiger partial charge < -0.3 is 10.4 Å². The summed E-state index contributed by atoms with van der Waals surface area (Å²) in [5.41, 5.74) is 0.0869. The molecule has 0 spiro atoms. The molecule has 0 aliphatic rings. The molecule has 1 amide bonds. The van der Waals surface area contributed by atoms with Gasteiger partial charge in [0, 0.05) is 11.1 Å². The van der Waals surface area contributed by atoms with E-state index in [0.29, 0.717) is 22.8 Å². The van der Waals surface area contributed by atoms with E-state index < -0.39 is 5.60 Å². The van der Waals surface area contributed by atoms with E-state index in [1.165, 1.54) is 0 Å². The van der Waals surface area contributed by atoms with Crippen molar-refractivity contribution in [2.75, 3.05) is 0 Å². The molecule has 0 saturated carbocycles. The van der Waals surface area contributed by atoms with Crippen molar-refractivity contribution in [1.82, 2.24) is 20.5 Å². The number of aliphatic hydroxyl groups is 1. The molecular formula is C17H20N4O2. The Morgan fingerprint density at radius 3 is 2.78 bits per heavy atom. The molecule has 0 saturated heterocycles. The molecule has 1 atom stereocenters. The first-order chi connectivity index (χ1) is 10.7. The minimum atomic E-state index is -1.07. The summed E-state index contributed by atoms with van der Waals surface area (Å²) in [4.78, 5) is 16.5. The van der Waals surface area contributed by atoms with Crippen LogP contribution in [-0.4, -0.2) is 31.8 Å². The SMILES string of the molecule is Cc1nc([C@H](C)NC(=O)c2cccc(C#CC(C)(C)O)c2)n[nH]1. The Hall–Kier alpha value is -2.65. The zero-order chi connectivity index (χ0) is 17.0. The van der Waals surface area contributed by atoms with Crippen molar-refractivity contribution >= 4 is 5.91 Å². The topological polar surface area (TPSA) is 90.9 Å². The lowest BCUT2D eigenvalue weighted by Crippen LogP contribution is -2.27. The molecule has 1 aromatic carbocycles. The molecule has 3 N–H and O–H groups in total. The molecule has 0 bridgehead atoms. The number of aryl methyl sites for hydroxylation is 1. The second-order valence-electron chi connectivity index (χ2n) is 5.86. The zero-order valence-corrected chi connectivity index (χ0v) is 13.6. The number of amides is 1. The van der Waals surface area contributed by atoms with Crippen molar-refractivity contribution in [2.45, 2.75) is 39.3 Å². The highest BCUT2D eigenvalue weighted by molar-refractivity contribution is 5.94. The van der Waals surface area contributed by atoms with E-state index in [9.17, 15) is 9.90 Å². The molecular weight excluding hydrogens is 292 g/mol. The van der Waals surface area contributed by atoms with Crippen LogP contribution in [0.3, 0.4) is 0 Å². The van der Waals surface area contributed by atoms with Crippen molar-refractivity contribution in [3.8, 4) is 11.8 Å². The van der Waals surface area contributed by atoms with Gasteiger partial charge in [-0.15, -0.1) is 0 Å². The van der Waals surface area contributed by atoms with Crippen LogP contribution in [0.2, 0.25) is 0 Å². The van der Waals surface area contributed by atoms with Gasteiger partial charge in [-0.2, -0.15) is 5.10 Å². The van der Waals surface area contributed by atoms with Gasteiger partial charge in [-0.25, -0.2) is 4.98 Å². The van der Waals surface area contributed by atoms with Crippen LogP contribution in [0.25, 0.3) is 0 Å². The van der Waals surface area contributed by atoms with Crippen molar-refractivity contribution in [3.63, 3.8) is 0 Å².